The predicted molar refractivity (Wildman–Crippen MR) is 74.4 cm³/mol. The summed E-state index contributed by atoms with van der Waals surface area (Å²) < 4.78 is 6.12. The molecule has 0 saturated heterocycles. The van der Waals surface area contributed by atoms with Crippen molar-refractivity contribution < 1.29 is 4.74 Å². The molecule has 0 fully saturated rings. The van der Waals surface area contributed by atoms with Crippen molar-refractivity contribution >= 4 is 27.3 Å². The van der Waals surface area contributed by atoms with E-state index in [9.17, 15) is 0 Å². The number of rotatable bonds is 3. The molecule has 5 heteroatoms. The van der Waals surface area contributed by atoms with Crippen LogP contribution in [-0.2, 0) is 0 Å². The Kier molecular flexibility index (Phi) is 3.81. The summed E-state index contributed by atoms with van der Waals surface area (Å²) in [5.74, 6) is 0.817. The number of hydrogen-bond donors (Lipinski definition) is 1. The molecule has 1 atom stereocenters. The quantitative estimate of drug-likeness (QED) is 0.942. The molecule has 17 heavy (non-hydrogen) atoms. The monoisotopic (exact) mass is 312 g/mol. The molecule has 0 aliphatic heterocycles. The highest BCUT2D eigenvalue weighted by atomic mass is 79.9. The van der Waals surface area contributed by atoms with Gasteiger partial charge in [0.1, 0.15) is 10.8 Å². The average molecular weight is 313 g/mol. The van der Waals surface area contributed by atoms with Crippen molar-refractivity contribution in [2.24, 2.45) is 5.73 Å². The first-order chi connectivity index (χ1) is 8.11. The molecule has 0 saturated carbocycles. The first-order valence-electron chi connectivity index (χ1n) is 5.17. The Bertz CT molecular complexity index is 525. The molecule has 0 aliphatic rings. The lowest BCUT2D eigenvalue weighted by Crippen LogP contribution is -2.01. The molecule has 0 spiro atoms. The molecular formula is C12H13BrN2OS. The third-order valence-corrected chi connectivity index (χ3v) is 4.24. The number of thiazole rings is 1. The zero-order valence-corrected chi connectivity index (χ0v) is 12.0. The summed E-state index contributed by atoms with van der Waals surface area (Å²) in [6.45, 7) is 1.96. The number of aromatic nitrogens is 1. The molecular weight excluding hydrogens is 300 g/mol. The summed E-state index contributed by atoms with van der Waals surface area (Å²) in [5.41, 5.74) is 6.89. The largest absolute Gasteiger partial charge is 0.496 e. The number of hydrogen-bond acceptors (Lipinski definition) is 4. The molecule has 3 nitrogen and oxygen atoms in total. The lowest BCUT2D eigenvalue weighted by molar-refractivity contribution is 0.412. The van der Waals surface area contributed by atoms with Gasteiger partial charge < -0.3 is 10.5 Å². The zero-order valence-electron chi connectivity index (χ0n) is 9.61. The van der Waals surface area contributed by atoms with Gasteiger partial charge in [-0.25, -0.2) is 4.98 Å². The molecule has 1 unspecified atom stereocenters. The van der Waals surface area contributed by atoms with Gasteiger partial charge in [0, 0.05) is 22.7 Å². The van der Waals surface area contributed by atoms with E-state index in [0.717, 1.165) is 25.7 Å². The molecule has 2 N–H and O–H groups in total. The Morgan fingerprint density at radius 1 is 1.47 bits per heavy atom. The van der Waals surface area contributed by atoms with Crippen LogP contribution in [0.1, 0.15) is 17.8 Å². The van der Waals surface area contributed by atoms with Crippen LogP contribution in [0.15, 0.2) is 28.9 Å². The molecule has 90 valence electrons. The van der Waals surface area contributed by atoms with E-state index in [4.69, 9.17) is 10.5 Å². The fourth-order valence-corrected chi connectivity index (χ4v) is 2.84. The van der Waals surface area contributed by atoms with E-state index in [1.165, 1.54) is 0 Å². The number of benzene rings is 1. The first kappa shape index (κ1) is 12.5. The van der Waals surface area contributed by atoms with Crippen LogP contribution < -0.4 is 10.5 Å². The summed E-state index contributed by atoms with van der Waals surface area (Å²) in [6.07, 6.45) is 1.84. The molecule has 1 heterocycles. The first-order valence-corrected chi connectivity index (χ1v) is 6.78. The van der Waals surface area contributed by atoms with Crippen LogP contribution in [0.4, 0.5) is 0 Å². The van der Waals surface area contributed by atoms with Gasteiger partial charge in [-0.05, 0) is 41.1 Å². The Morgan fingerprint density at radius 3 is 2.76 bits per heavy atom. The molecule has 1 aromatic heterocycles. The third kappa shape index (κ3) is 2.68. The lowest BCUT2D eigenvalue weighted by atomic mass is 10.2. The summed E-state index contributed by atoms with van der Waals surface area (Å²) in [6, 6.07) is 5.95. The van der Waals surface area contributed by atoms with Gasteiger partial charge in [-0.15, -0.1) is 11.3 Å². The molecule has 2 rings (SSSR count). The van der Waals surface area contributed by atoms with Crippen molar-refractivity contribution in [1.29, 1.82) is 0 Å². The van der Waals surface area contributed by atoms with Crippen LogP contribution in [-0.4, -0.2) is 12.1 Å². The molecule has 1 aromatic carbocycles. The summed E-state index contributed by atoms with van der Waals surface area (Å²) >= 11 is 5.09. The molecule has 0 radical (unpaired) electrons. The Hall–Kier alpha value is -0.910. The Labute approximate surface area is 113 Å². The van der Waals surface area contributed by atoms with E-state index in [2.05, 4.69) is 20.9 Å². The van der Waals surface area contributed by atoms with Crippen molar-refractivity contribution in [3.05, 3.63) is 33.7 Å². The fraction of sp³-hybridized carbons (Fsp3) is 0.250. The fourth-order valence-electron chi connectivity index (χ4n) is 1.43. The minimum Gasteiger partial charge on any atom is -0.496 e. The van der Waals surface area contributed by atoms with Crippen molar-refractivity contribution in [2.45, 2.75) is 13.0 Å². The number of nitrogens with zero attached hydrogens (tertiary/aromatic N) is 1. The van der Waals surface area contributed by atoms with Crippen LogP contribution in [0.5, 0.6) is 5.75 Å². The second-order valence-corrected chi connectivity index (χ2v) is 5.62. The van der Waals surface area contributed by atoms with Crippen LogP contribution >= 0.6 is 27.3 Å². The Morgan fingerprint density at radius 2 is 2.24 bits per heavy atom. The lowest BCUT2D eigenvalue weighted by Gasteiger charge is -2.04. The minimum absolute atomic E-state index is 0.0305. The maximum absolute atomic E-state index is 5.82. The smallest absolute Gasteiger partial charge is 0.133 e. The molecule has 0 amide bonds. The summed E-state index contributed by atoms with van der Waals surface area (Å²) in [4.78, 5) is 5.47. The number of methoxy groups -OCH3 is 1. The zero-order chi connectivity index (χ0) is 12.4. The summed E-state index contributed by atoms with van der Waals surface area (Å²) in [5, 5.41) is 0.973. The van der Waals surface area contributed by atoms with Gasteiger partial charge in [0.05, 0.1) is 11.6 Å². The van der Waals surface area contributed by atoms with Crippen LogP contribution in [0, 0.1) is 0 Å². The van der Waals surface area contributed by atoms with Crippen molar-refractivity contribution in [2.75, 3.05) is 7.11 Å². The average Bonchev–Trinajstić information content (AvgIpc) is 2.78. The SMILES string of the molecule is COc1ccc(-c2ncc(C(C)N)s2)cc1Br. The molecule has 2 aromatic rings. The van der Waals surface area contributed by atoms with Gasteiger partial charge in [-0.3, -0.25) is 0 Å². The number of nitrogens with two attached hydrogens (primary N) is 1. The van der Waals surface area contributed by atoms with Crippen LogP contribution in [0.3, 0.4) is 0 Å². The van der Waals surface area contributed by atoms with Gasteiger partial charge >= 0.3 is 0 Å². The van der Waals surface area contributed by atoms with Gasteiger partial charge in [0.2, 0.25) is 0 Å². The van der Waals surface area contributed by atoms with E-state index < -0.39 is 0 Å². The standard InChI is InChI=1S/C12H13BrN2OS/c1-7(14)11-6-15-12(17-11)8-3-4-10(16-2)9(13)5-8/h3-7H,14H2,1-2H3. The summed E-state index contributed by atoms with van der Waals surface area (Å²) in [7, 11) is 1.65. The van der Waals surface area contributed by atoms with E-state index in [0.29, 0.717) is 0 Å². The minimum atomic E-state index is 0.0305. The van der Waals surface area contributed by atoms with Crippen molar-refractivity contribution in [1.82, 2.24) is 4.98 Å². The van der Waals surface area contributed by atoms with E-state index >= 15 is 0 Å². The topological polar surface area (TPSA) is 48.1 Å². The molecule has 0 bridgehead atoms. The van der Waals surface area contributed by atoms with Gasteiger partial charge in [0.25, 0.3) is 0 Å². The van der Waals surface area contributed by atoms with Gasteiger partial charge in [0.15, 0.2) is 0 Å². The highest BCUT2D eigenvalue weighted by Crippen LogP contribution is 2.33. The van der Waals surface area contributed by atoms with E-state index in [1.807, 2.05) is 31.3 Å². The molecule has 0 aliphatic carbocycles. The number of halogens is 1. The second-order valence-electron chi connectivity index (χ2n) is 3.71. The third-order valence-electron chi connectivity index (χ3n) is 2.37. The van der Waals surface area contributed by atoms with Crippen LogP contribution in [0.25, 0.3) is 10.6 Å². The van der Waals surface area contributed by atoms with Gasteiger partial charge in [-0.1, -0.05) is 0 Å². The highest BCUT2D eigenvalue weighted by molar-refractivity contribution is 9.10. The van der Waals surface area contributed by atoms with E-state index in [1.54, 1.807) is 18.4 Å². The second kappa shape index (κ2) is 5.16. The number of ether oxygens (including phenoxy) is 1. The highest BCUT2D eigenvalue weighted by Gasteiger charge is 2.09. The van der Waals surface area contributed by atoms with Crippen molar-refractivity contribution in [3.63, 3.8) is 0 Å². The van der Waals surface area contributed by atoms with Gasteiger partial charge in [-0.2, -0.15) is 0 Å². The maximum atomic E-state index is 5.82. The van der Waals surface area contributed by atoms with Crippen LogP contribution in [0.2, 0.25) is 0 Å². The Balaban J connectivity index is 2.36. The van der Waals surface area contributed by atoms with Crippen molar-refractivity contribution in [3.8, 4) is 16.3 Å². The van der Waals surface area contributed by atoms with E-state index in [-0.39, 0.29) is 6.04 Å². The maximum Gasteiger partial charge on any atom is 0.133 e. The normalized spacial score (nSPS) is 12.5. The predicted octanol–water partition coefficient (Wildman–Crippen LogP) is 3.60.